The summed E-state index contributed by atoms with van der Waals surface area (Å²) in [6, 6.07) is 8.15. The molecule has 3 rings (SSSR count). The molecule has 0 unspecified atom stereocenters. The van der Waals surface area contributed by atoms with Crippen LogP contribution in [-0.4, -0.2) is 21.9 Å². The fourth-order valence-corrected chi connectivity index (χ4v) is 2.46. The van der Waals surface area contributed by atoms with E-state index >= 15 is 0 Å². The van der Waals surface area contributed by atoms with Crippen LogP contribution in [-0.2, 0) is 13.2 Å². The molecule has 0 N–H and O–H groups in total. The number of hydrogen-bond acceptors (Lipinski definition) is 4. The number of nitrogens with zero attached hydrogens (tertiary/aromatic N) is 3. The highest BCUT2D eigenvalue weighted by Gasteiger charge is 2.06. The first kappa shape index (κ1) is 16.4. The van der Waals surface area contributed by atoms with Crippen LogP contribution < -0.4 is 9.47 Å². The summed E-state index contributed by atoms with van der Waals surface area (Å²) in [5, 5.41) is 4.25. The highest BCUT2D eigenvalue weighted by molar-refractivity contribution is 9.10. The summed E-state index contributed by atoms with van der Waals surface area (Å²) in [5.41, 5.74) is 1.89. The van der Waals surface area contributed by atoms with Crippen LogP contribution in [0.25, 0.3) is 0 Å². The van der Waals surface area contributed by atoms with E-state index in [0.29, 0.717) is 24.8 Å². The maximum atomic E-state index is 12.9. The van der Waals surface area contributed by atoms with Crippen LogP contribution in [0.15, 0.2) is 53.4 Å². The van der Waals surface area contributed by atoms with Crippen LogP contribution in [0.3, 0.4) is 0 Å². The van der Waals surface area contributed by atoms with Gasteiger partial charge in [0.05, 0.1) is 26.0 Å². The van der Waals surface area contributed by atoms with Crippen LogP contribution in [0.1, 0.15) is 11.1 Å². The first-order chi connectivity index (χ1) is 11.6. The van der Waals surface area contributed by atoms with Crippen molar-refractivity contribution in [3.8, 4) is 11.6 Å². The molecule has 0 aliphatic rings. The van der Waals surface area contributed by atoms with Crippen molar-refractivity contribution in [3.63, 3.8) is 0 Å². The van der Waals surface area contributed by atoms with E-state index in [1.807, 2.05) is 6.07 Å². The zero-order chi connectivity index (χ0) is 16.9. The topological polar surface area (TPSA) is 49.2 Å². The largest absolute Gasteiger partial charge is 0.486 e. The summed E-state index contributed by atoms with van der Waals surface area (Å²) >= 11 is 3.44. The maximum absolute atomic E-state index is 12.9. The van der Waals surface area contributed by atoms with E-state index in [4.69, 9.17) is 9.47 Å². The lowest BCUT2D eigenvalue weighted by molar-refractivity contribution is 0.303. The first-order valence-electron chi connectivity index (χ1n) is 7.22. The Morgan fingerprint density at radius 2 is 2.00 bits per heavy atom. The van der Waals surface area contributed by atoms with E-state index < -0.39 is 0 Å². The van der Waals surface area contributed by atoms with Gasteiger partial charge in [-0.05, 0) is 33.6 Å². The van der Waals surface area contributed by atoms with Crippen LogP contribution in [0.4, 0.5) is 4.39 Å². The molecule has 0 atom stereocenters. The Hall–Kier alpha value is -2.41. The molecule has 0 fully saturated rings. The van der Waals surface area contributed by atoms with E-state index in [0.717, 1.165) is 15.6 Å². The van der Waals surface area contributed by atoms with Crippen LogP contribution in [0.5, 0.6) is 11.6 Å². The van der Waals surface area contributed by atoms with Crippen molar-refractivity contribution < 1.29 is 13.9 Å². The number of pyridine rings is 1. The summed E-state index contributed by atoms with van der Waals surface area (Å²) in [4.78, 5) is 4.10. The zero-order valence-electron chi connectivity index (χ0n) is 12.9. The monoisotopic (exact) mass is 391 g/mol. The van der Waals surface area contributed by atoms with Gasteiger partial charge in [-0.15, -0.1) is 0 Å². The second-order valence-corrected chi connectivity index (χ2v) is 5.96. The molecule has 2 heterocycles. The highest BCUT2D eigenvalue weighted by atomic mass is 79.9. The molecular weight excluding hydrogens is 377 g/mol. The standard InChI is InChI=1S/C17H15BrFN3O2/c1-23-17-6-13(16(18)8-20-17)11-24-15-7-21-22(10-15)9-12-2-4-14(19)5-3-12/h2-8,10H,9,11H2,1H3. The van der Waals surface area contributed by atoms with Crippen molar-refractivity contribution in [2.45, 2.75) is 13.2 Å². The van der Waals surface area contributed by atoms with Gasteiger partial charge in [0, 0.05) is 22.3 Å². The fourth-order valence-electron chi connectivity index (χ4n) is 2.12. The lowest BCUT2D eigenvalue weighted by Crippen LogP contribution is -2.00. The molecule has 5 nitrogen and oxygen atoms in total. The molecule has 0 spiro atoms. The van der Waals surface area contributed by atoms with Gasteiger partial charge in [-0.25, -0.2) is 9.37 Å². The number of ether oxygens (including phenoxy) is 2. The SMILES string of the molecule is COc1cc(COc2cnn(Cc3ccc(F)cc3)c2)c(Br)cn1. The molecule has 0 aliphatic carbocycles. The first-order valence-corrected chi connectivity index (χ1v) is 8.01. The fraction of sp³-hybridized carbons (Fsp3) is 0.176. The maximum Gasteiger partial charge on any atom is 0.213 e. The summed E-state index contributed by atoms with van der Waals surface area (Å²) < 4.78 is 26.4. The second-order valence-electron chi connectivity index (χ2n) is 5.11. The predicted molar refractivity (Wildman–Crippen MR) is 90.6 cm³/mol. The summed E-state index contributed by atoms with van der Waals surface area (Å²) in [6.45, 7) is 0.915. The van der Waals surface area contributed by atoms with Gasteiger partial charge < -0.3 is 9.47 Å². The average molecular weight is 392 g/mol. The minimum absolute atomic E-state index is 0.249. The smallest absolute Gasteiger partial charge is 0.213 e. The van der Waals surface area contributed by atoms with Gasteiger partial charge in [-0.2, -0.15) is 5.10 Å². The minimum atomic E-state index is -0.249. The third kappa shape index (κ3) is 4.11. The van der Waals surface area contributed by atoms with Crippen molar-refractivity contribution in [3.05, 3.63) is 70.3 Å². The molecule has 124 valence electrons. The number of aromatic nitrogens is 3. The Kier molecular flexibility index (Phi) is 5.10. The Labute approximate surface area is 147 Å². The Balaban J connectivity index is 1.63. The normalized spacial score (nSPS) is 10.6. The lowest BCUT2D eigenvalue weighted by Gasteiger charge is -2.07. The van der Waals surface area contributed by atoms with Crippen molar-refractivity contribution >= 4 is 15.9 Å². The minimum Gasteiger partial charge on any atom is -0.486 e. The lowest BCUT2D eigenvalue weighted by atomic mass is 10.2. The molecule has 0 radical (unpaired) electrons. The number of rotatable bonds is 6. The van der Waals surface area contributed by atoms with Crippen molar-refractivity contribution in [2.24, 2.45) is 0 Å². The van der Waals surface area contributed by atoms with Gasteiger partial charge in [-0.1, -0.05) is 12.1 Å². The Bertz CT molecular complexity index is 821. The van der Waals surface area contributed by atoms with Crippen LogP contribution in [0, 0.1) is 5.82 Å². The molecule has 3 aromatic rings. The van der Waals surface area contributed by atoms with E-state index in [2.05, 4.69) is 26.0 Å². The van der Waals surface area contributed by atoms with E-state index in [1.165, 1.54) is 12.1 Å². The number of halogens is 2. The Morgan fingerprint density at radius 1 is 1.21 bits per heavy atom. The van der Waals surface area contributed by atoms with Gasteiger partial charge in [0.2, 0.25) is 5.88 Å². The molecule has 0 bridgehead atoms. The second kappa shape index (κ2) is 7.44. The van der Waals surface area contributed by atoms with Crippen molar-refractivity contribution in [1.29, 1.82) is 0 Å². The third-order valence-corrected chi connectivity index (χ3v) is 4.09. The van der Waals surface area contributed by atoms with Gasteiger partial charge >= 0.3 is 0 Å². The Morgan fingerprint density at radius 3 is 2.75 bits per heavy atom. The highest BCUT2D eigenvalue weighted by Crippen LogP contribution is 2.22. The summed E-state index contributed by atoms with van der Waals surface area (Å²) in [7, 11) is 1.57. The van der Waals surface area contributed by atoms with Crippen molar-refractivity contribution in [2.75, 3.05) is 7.11 Å². The van der Waals surface area contributed by atoms with Gasteiger partial charge in [-0.3, -0.25) is 4.68 Å². The molecular formula is C17H15BrFN3O2. The zero-order valence-corrected chi connectivity index (χ0v) is 14.5. The van der Waals surface area contributed by atoms with Gasteiger partial charge in [0.25, 0.3) is 0 Å². The molecule has 24 heavy (non-hydrogen) atoms. The van der Waals surface area contributed by atoms with E-state index in [1.54, 1.807) is 42.5 Å². The van der Waals surface area contributed by atoms with E-state index in [9.17, 15) is 4.39 Å². The van der Waals surface area contributed by atoms with Gasteiger partial charge in [0.1, 0.15) is 12.4 Å². The summed E-state index contributed by atoms with van der Waals surface area (Å²) in [5.74, 6) is 0.935. The molecule has 0 saturated heterocycles. The molecule has 1 aromatic carbocycles. The van der Waals surface area contributed by atoms with Crippen LogP contribution in [0.2, 0.25) is 0 Å². The van der Waals surface area contributed by atoms with Crippen LogP contribution >= 0.6 is 15.9 Å². The molecule has 0 amide bonds. The third-order valence-electron chi connectivity index (χ3n) is 3.38. The number of benzene rings is 1. The molecule has 2 aromatic heterocycles. The quantitative estimate of drug-likeness (QED) is 0.640. The molecule has 0 aliphatic heterocycles. The summed E-state index contributed by atoms with van der Waals surface area (Å²) in [6.07, 6.45) is 5.13. The molecule has 0 saturated carbocycles. The van der Waals surface area contributed by atoms with E-state index in [-0.39, 0.29) is 5.82 Å². The van der Waals surface area contributed by atoms with Gasteiger partial charge in [0.15, 0.2) is 5.75 Å². The predicted octanol–water partition coefficient (Wildman–Crippen LogP) is 3.82. The average Bonchev–Trinajstić information content (AvgIpc) is 3.04. The number of methoxy groups -OCH3 is 1. The molecule has 7 heteroatoms. The number of hydrogen-bond donors (Lipinski definition) is 0. The van der Waals surface area contributed by atoms with Crippen molar-refractivity contribution in [1.82, 2.24) is 14.8 Å².